The normalized spacial score (nSPS) is 14.5. The molecule has 1 saturated heterocycles. The number of nitrogens with zero attached hydrogens (tertiary/aromatic N) is 1. The maximum absolute atomic E-state index is 12.2. The lowest BCUT2D eigenvalue weighted by atomic mass is 10.1. The fraction of sp³-hybridized carbons (Fsp3) is 0.444. The first-order chi connectivity index (χ1) is 12.8. The van der Waals surface area contributed by atoms with Crippen molar-refractivity contribution >= 4 is 23.9 Å². The van der Waals surface area contributed by atoms with Gasteiger partial charge in [-0.25, -0.2) is 14.4 Å². The maximum Gasteiger partial charge on any atom is 0.338 e. The molecule has 5 amide bonds. The van der Waals surface area contributed by atoms with E-state index in [0.717, 1.165) is 10.5 Å². The second kappa shape index (κ2) is 9.02. The van der Waals surface area contributed by atoms with Gasteiger partial charge in [0.25, 0.3) is 5.91 Å². The van der Waals surface area contributed by atoms with Gasteiger partial charge in [-0.1, -0.05) is 12.1 Å². The Labute approximate surface area is 157 Å². The van der Waals surface area contributed by atoms with Crippen LogP contribution in [-0.2, 0) is 16.1 Å². The lowest BCUT2D eigenvalue weighted by Gasteiger charge is -2.18. The van der Waals surface area contributed by atoms with E-state index in [9.17, 15) is 19.2 Å². The lowest BCUT2D eigenvalue weighted by molar-refractivity contribution is -0.136. The fourth-order valence-corrected chi connectivity index (χ4v) is 2.43. The van der Waals surface area contributed by atoms with E-state index in [-0.39, 0.29) is 24.2 Å². The Kier molecular flexibility index (Phi) is 6.75. The highest BCUT2D eigenvalue weighted by Gasteiger charge is 2.31. The van der Waals surface area contributed by atoms with Gasteiger partial charge in [0.2, 0.25) is 0 Å². The molecule has 1 aromatic rings. The summed E-state index contributed by atoms with van der Waals surface area (Å²) < 4.78 is 5.15. The summed E-state index contributed by atoms with van der Waals surface area (Å²) >= 11 is 0. The van der Waals surface area contributed by atoms with Gasteiger partial charge >= 0.3 is 18.0 Å². The Balaban J connectivity index is 1.86. The summed E-state index contributed by atoms with van der Waals surface area (Å²) in [6, 6.07) is 5.77. The van der Waals surface area contributed by atoms with Crippen LogP contribution in [0.4, 0.5) is 9.59 Å². The van der Waals surface area contributed by atoms with E-state index in [0.29, 0.717) is 13.1 Å². The van der Waals surface area contributed by atoms with Crippen LogP contribution >= 0.6 is 0 Å². The molecule has 2 rings (SSSR count). The predicted molar refractivity (Wildman–Crippen MR) is 96.9 cm³/mol. The van der Waals surface area contributed by atoms with Gasteiger partial charge in [0.1, 0.15) is 0 Å². The Morgan fingerprint density at radius 3 is 2.41 bits per heavy atom. The highest BCUT2D eigenvalue weighted by molar-refractivity contribution is 5.99. The van der Waals surface area contributed by atoms with Gasteiger partial charge in [-0.3, -0.25) is 9.69 Å². The van der Waals surface area contributed by atoms with E-state index in [1.54, 1.807) is 24.3 Å². The van der Waals surface area contributed by atoms with Crippen molar-refractivity contribution in [2.45, 2.75) is 39.5 Å². The first-order valence-corrected chi connectivity index (χ1v) is 8.71. The molecule has 0 aliphatic carbocycles. The minimum atomic E-state index is -1.07. The quantitative estimate of drug-likeness (QED) is 0.640. The number of urea groups is 2. The zero-order chi connectivity index (χ0) is 20.0. The Morgan fingerprint density at radius 2 is 1.85 bits per heavy atom. The molecule has 1 aromatic carbocycles. The van der Waals surface area contributed by atoms with Crippen LogP contribution in [0.2, 0.25) is 0 Å². The van der Waals surface area contributed by atoms with Gasteiger partial charge < -0.3 is 20.7 Å². The fourth-order valence-electron chi connectivity index (χ4n) is 2.43. The maximum atomic E-state index is 12.2. The van der Waals surface area contributed by atoms with E-state index in [4.69, 9.17) is 4.74 Å². The van der Waals surface area contributed by atoms with E-state index in [2.05, 4.69) is 16.0 Å². The summed E-state index contributed by atoms with van der Waals surface area (Å²) in [4.78, 5) is 48.4. The summed E-state index contributed by atoms with van der Waals surface area (Å²) in [5.74, 6) is -1.22. The molecule has 146 valence electrons. The number of benzene rings is 1. The summed E-state index contributed by atoms with van der Waals surface area (Å²) in [6.07, 6.45) is -1.07. The largest absolute Gasteiger partial charge is 0.449 e. The SMILES string of the molecule is CC(C)NC(=O)NCc1ccc(C(=O)OC(C)C(=O)N2CCNC2=O)cc1. The van der Waals surface area contributed by atoms with Crippen LogP contribution in [0.15, 0.2) is 24.3 Å². The lowest BCUT2D eigenvalue weighted by Crippen LogP contribution is -2.41. The third-order valence-corrected chi connectivity index (χ3v) is 3.82. The summed E-state index contributed by atoms with van der Waals surface area (Å²) in [6.45, 7) is 6.11. The zero-order valence-electron chi connectivity index (χ0n) is 15.6. The third-order valence-electron chi connectivity index (χ3n) is 3.82. The van der Waals surface area contributed by atoms with Crippen molar-refractivity contribution in [1.82, 2.24) is 20.9 Å². The second-order valence-corrected chi connectivity index (χ2v) is 6.45. The highest BCUT2D eigenvalue weighted by Crippen LogP contribution is 2.10. The van der Waals surface area contributed by atoms with Gasteiger partial charge in [0, 0.05) is 25.7 Å². The number of amides is 5. The van der Waals surface area contributed by atoms with Crippen LogP contribution in [0.25, 0.3) is 0 Å². The molecule has 0 saturated carbocycles. The molecule has 0 spiro atoms. The van der Waals surface area contributed by atoms with Crippen molar-refractivity contribution in [3.63, 3.8) is 0 Å². The molecule has 1 aliphatic rings. The molecule has 0 radical (unpaired) electrons. The van der Waals surface area contributed by atoms with Gasteiger partial charge in [-0.05, 0) is 38.5 Å². The standard InChI is InChI=1S/C18H24N4O5/c1-11(2)21-17(25)20-10-13-4-6-14(7-5-13)16(24)27-12(3)15(23)22-9-8-19-18(22)26/h4-7,11-12H,8-10H2,1-3H3,(H,19,26)(H2,20,21,25). The number of ether oxygens (including phenoxy) is 1. The zero-order valence-corrected chi connectivity index (χ0v) is 15.6. The van der Waals surface area contributed by atoms with Gasteiger partial charge in [0.15, 0.2) is 6.10 Å². The molecule has 1 aliphatic heterocycles. The van der Waals surface area contributed by atoms with Gasteiger partial charge in [0.05, 0.1) is 5.56 Å². The molecule has 1 fully saturated rings. The molecule has 3 N–H and O–H groups in total. The smallest absolute Gasteiger partial charge is 0.338 e. The number of carbonyl (C=O) groups is 4. The number of esters is 1. The van der Waals surface area contributed by atoms with Crippen molar-refractivity contribution in [2.24, 2.45) is 0 Å². The van der Waals surface area contributed by atoms with Crippen LogP contribution in [-0.4, -0.2) is 54.1 Å². The average molecular weight is 376 g/mol. The van der Waals surface area contributed by atoms with Crippen molar-refractivity contribution in [3.8, 4) is 0 Å². The van der Waals surface area contributed by atoms with E-state index < -0.39 is 24.0 Å². The molecular weight excluding hydrogens is 352 g/mol. The van der Waals surface area contributed by atoms with Crippen LogP contribution < -0.4 is 16.0 Å². The Bertz CT molecular complexity index is 717. The molecule has 9 heteroatoms. The number of hydrogen-bond donors (Lipinski definition) is 3. The monoisotopic (exact) mass is 376 g/mol. The first-order valence-electron chi connectivity index (χ1n) is 8.71. The highest BCUT2D eigenvalue weighted by atomic mass is 16.5. The van der Waals surface area contributed by atoms with Crippen molar-refractivity contribution in [1.29, 1.82) is 0 Å². The van der Waals surface area contributed by atoms with Gasteiger partial charge in [-0.2, -0.15) is 0 Å². The second-order valence-electron chi connectivity index (χ2n) is 6.45. The first kappa shape index (κ1) is 20.2. The minimum Gasteiger partial charge on any atom is -0.449 e. The minimum absolute atomic E-state index is 0.0403. The van der Waals surface area contributed by atoms with E-state index >= 15 is 0 Å². The molecule has 1 heterocycles. The topological polar surface area (TPSA) is 117 Å². The number of nitrogens with one attached hydrogen (secondary N) is 3. The van der Waals surface area contributed by atoms with Crippen molar-refractivity contribution in [3.05, 3.63) is 35.4 Å². The van der Waals surface area contributed by atoms with Gasteiger partial charge in [-0.15, -0.1) is 0 Å². The molecule has 9 nitrogen and oxygen atoms in total. The summed E-state index contributed by atoms with van der Waals surface area (Å²) in [5, 5.41) is 7.94. The predicted octanol–water partition coefficient (Wildman–Crippen LogP) is 0.991. The molecule has 1 atom stereocenters. The molecule has 0 aromatic heterocycles. The van der Waals surface area contributed by atoms with Crippen LogP contribution in [0.5, 0.6) is 0 Å². The molecule has 1 unspecified atom stereocenters. The number of rotatable bonds is 6. The van der Waals surface area contributed by atoms with Crippen LogP contribution in [0.1, 0.15) is 36.7 Å². The van der Waals surface area contributed by atoms with Crippen molar-refractivity contribution < 1.29 is 23.9 Å². The number of carbonyl (C=O) groups excluding carboxylic acids is 4. The van der Waals surface area contributed by atoms with E-state index in [1.807, 2.05) is 13.8 Å². The Morgan fingerprint density at radius 1 is 1.19 bits per heavy atom. The van der Waals surface area contributed by atoms with Crippen LogP contribution in [0.3, 0.4) is 0 Å². The molecular formula is C18H24N4O5. The Hall–Kier alpha value is -3.10. The summed E-state index contributed by atoms with van der Waals surface area (Å²) in [5.41, 5.74) is 1.08. The van der Waals surface area contributed by atoms with Crippen molar-refractivity contribution in [2.75, 3.05) is 13.1 Å². The number of imide groups is 1. The van der Waals surface area contributed by atoms with E-state index in [1.165, 1.54) is 6.92 Å². The third kappa shape index (κ3) is 5.70. The molecule has 27 heavy (non-hydrogen) atoms. The average Bonchev–Trinajstić information content (AvgIpc) is 3.05. The summed E-state index contributed by atoms with van der Waals surface area (Å²) in [7, 11) is 0. The number of hydrogen-bond acceptors (Lipinski definition) is 5. The van der Waals surface area contributed by atoms with Crippen LogP contribution in [0, 0.1) is 0 Å². The molecule has 0 bridgehead atoms.